The molecule has 1 aliphatic carbocycles. The van der Waals surface area contributed by atoms with E-state index in [1.807, 2.05) is 0 Å². The second kappa shape index (κ2) is 15.8. The smallest absolute Gasteiger partial charge is 0.0594 e. The highest BCUT2D eigenvalue weighted by atomic mass is 31.1. The molecule has 1 unspecified atom stereocenters. The molecule has 7 rings (SSSR count). The van der Waals surface area contributed by atoms with Gasteiger partial charge in [-0.25, -0.2) is 0 Å². The second-order valence-electron chi connectivity index (χ2n) is 15.2. The van der Waals surface area contributed by atoms with Crippen molar-refractivity contribution in [3.8, 4) is 0 Å². The maximum atomic E-state index is 6.02. The summed E-state index contributed by atoms with van der Waals surface area (Å²) in [7, 11) is -1.61. The highest BCUT2D eigenvalue weighted by Gasteiger charge is 2.38. The maximum Gasteiger partial charge on any atom is 0.0594 e. The molecular formula is C48H53NOP2. The minimum atomic E-state index is -0.830. The summed E-state index contributed by atoms with van der Waals surface area (Å²) in [4.78, 5) is 2.74. The fourth-order valence-corrected chi connectivity index (χ4v) is 14.5. The van der Waals surface area contributed by atoms with Crippen LogP contribution >= 0.6 is 15.8 Å². The van der Waals surface area contributed by atoms with Crippen LogP contribution in [0, 0.1) is 61.3 Å². The van der Waals surface area contributed by atoms with Gasteiger partial charge >= 0.3 is 0 Å². The molecule has 0 N–H and O–H groups in total. The number of allylic oxidation sites excluding steroid dienone is 2. The zero-order valence-electron chi connectivity index (χ0n) is 32.2. The van der Waals surface area contributed by atoms with Crippen LogP contribution in [0.25, 0.3) is 0 Å². The van der Waals surface area contributed by atoms with E-state index in [9.17, 15) is 0 Å². The lowest BCUT2D eigenvalue weighted by atomic mass is 9.91. The van der Waals surface area contributed by atoms with Crippen LogP contribution in [-0.2, 0) is 4.74 Å². The average Bonchev–Trinajstić information content (AvgIpc) is 3.53. The van der Waals surface area contributed by atoms with Crippen LogP contribution in [0.2, 0.25) is 0 Å². The Morgan fingerprint density at radius 1 is 0.538 bits per heavy atom. The molecule has 0 bridgehead atoms. The molecule has 2 atom stereocenters. The van der Waals surface area contributed by atoms with Crippen molar-refractivity contribution in [1.29, 1.82) is 0 Å². The number of morpholine rings is 1. The van der Waals surface area contributed by atoms with Gasteiger partial charge in [0.15, 0.2) is 0 Å². The molecule has 0 aromatic heterocycles. The van der Waals surface area contributed by atoms with Crippen LogP contribution in [0.1, 0.15) is 56.1 Å². The molecule has 266 valence electrons. The SMILES string of the molecule is Cc1cc(C)cc(P(C2=CC=CC2[C@@H](c2ccccc2P(c2cc(C)cc(C)c2)c2cc(C)cc(C)c2)N2CCOCC2)c2cc(C)cc(C)c2)c1. The Labute approximate surface area is 315 Å². The summed E-state index contributed by atoms with van der Waals surface area (Å²) in [6, 6.07) is 38.4. The highest BCUT2D eigenvalue weighted by molar-refractivity contribution is 7.80. The Hall–Kier alpha value is -3.64. The summed E-state index contributed by atoms with van der Waals surface area (Å²) in [5, 5.41) is 8.75. The van der Waals surface area contributed by atoms with E-state index in [0.29, 0.717) is 0 Å². The number of benzene rings is 5. The summed E-state index contributed by atoms with van der Waals surface area (Å²) < 4.78 is 6.02. The van der Waals surface area contributed by atoms with E-state index in [2.05, 4.69) is 176 Å². The zero-order chi connectivity index (χ0) is 36.5. The van der Waals surface area contributed by atoms with Crippen molar-refractivity contribution < 1.29 is 4.74 Å². The summed E-state index contributed by atoms with van der Waals surface area (Å²) in [6.45, 7) is 21.4. The fraction of sp³-hybridized carbons (Fsp3) is 0.292. The van der Waals surface area contributed by atoms with Gasteiger partial charge in [-0.15, -0.1) is 0 Å². The van der Waals surface area contributed by atoms with E-state index < -0.39 is 15.8 Å². The van der Waals surface area contributed by atoms with Crippen molar-refractivity contribution in [2.75, 3.05) is 26.3 Å². The predicted molar refractivity (Wildman–Crippen MR) is 228 cm³/mol. The van der Waals surface area contributed by atoms with Crippen LogP contribution in [-0.4, -0.2) is 31.2 Å². The van der Waals surface area contributed by atoms with Crippen molar-refractivity contribution in [3.63, 3.8) is 0 Å². The summed E-state index contributed by atoms with van der Waals surface area (Å²) >= 11 is 0. The Kier molecular flexibility index (Phi) is 11.1. The lowest BCUT2D eigenvalue weighted by Gasteiger charge is -2.41. The molecule has 52 heavy (non-hydrogen) atoms. The minimum absolute atomic E-state index is 0.175. The molecule has 1 aliphatic heterocycles. The fourth-order valence-electron chi connectivity index (χ4n) is 8.58. The first-order valence-corrected chi connectivity index (χ1v) is 21.4. The van der Waals surface area contributed by atoms with Gasteiger partial charge < -0.3 is 4.74 Å². The first-order chi connectivity index (χ1) is 25.0. The van der Waals surface area contributed by atoms with Gasteiger partial charge in [0.25, 0.3) is 0 Å². The van der Waals surface area contributed by atoms with Gasteiger partial charge in [-0.1, -0.05) is 160 Å². The Morgan fingerprint density at radius 3 is 1.38 bits per heavy atom. The standard InChI is InChI=1S/C48H53NOP2/c1-32-20-33(2)25-40(24-32)51(41-26-34(3)21-35(4)27-41)46-14-10-9-12-44(46)48(49-16-18-50-19-17-49)45-13-11-15-47(45)52(42-28-36(5)22-37(6)29-42)43-30-38(7)23-39(8)31-43/h9-15,20-31,45,48H,16-19H2,1-8H3/t45?,48-/m1/s1. The molecule has 0 amide bonds. The molecule has 1 fully saturated rings. The third-order valence-corrected chi connectivity index (χ3v) is 15.3. The summed E-state index contributed by atoms with van der Waals surface area (Å²) in [5.74, 6) is 0.224. The first kappa shape index (κ1) is 36.7. The Balaban J connectivity index is 1.44. The lowest BCUT2D eigenvalue weighted by Crippen LogP contribution is -2.43. The number of ether oxygens (including phenoxy) is 1. The van der Waals surface area contributed by atoms with Crippen molar-refractivity contribution in [2.24, 2.45) is 5.92 Å². The van der Waals surface area contributed by atoms with Crippen molar-refractivity contribution in [1.82, 2.24) is 4.90 Å². The van der Waals surface area contributed by atoms with Gasteiger partial charge in [-0.05, 0) is 109 Å². The molecule has 1 heterocycles. The van der Waals surface area contributed by atoms with Gasteiger partial charge in [0.05, 0.1) is 13.2 Å². The molecule has 5 aromatic carbocycles. The van der Waals surface area contributed by atoms with Crippen molar-refractivity contribution in [3.05, 3.63) is 171 Å². The van der Waals surface area contributed by atoms with E-state index in [0.717, 1.165) is 26.3 Å². The van der Waals surface area contributed by atoms with Gasteiger partial charge in [0, 0.05) is 25.0 Å². The number of hydrogen-bond acceptors (Lipinski definition) is 2. The summed E-state index contributed by atoms with van der Waals surface area (Å²) in [6.07, 6.45) is 7.34. The molecule has 2 aliphatic rings. The molecule has 0 radical (unpaired) electrons. The molecule has 2 nitrogen and oxygen atoms in total. The number of hydrogen-bond donors (Lipinski definition) is 0. The maximum absolute atomic E-state index is 6.02. The number of rotatable bonds is 9. The van der Waals surface area contributed by atoms with Crippen LogP contribution in [0.3, 0.4) is 0 Å². The second-order valence-corrected chi connectivity index (χ2v) is 19.6. The van der Waals surface area contributed by atoms with Crippen LogP contribution < -0.4 is 26.5 Å². The molecule has 1 saturated heterocycles. The predicted octanol–water partition coefficient (Wildman–Crippen LogP) is 9.49. The molecule has 0 spiro atoms. The van der Waals surface area contributed by atoms with Crippen LogP contribution in [0.4, 0.5) is 0 Å². The third kappa shape index (κ3) is 7.98. The Bertz CT molecular complexity index is 1970. The summed E-state index contributed by atoms with van der Waals surface area (Å²) in [5.41, 5.74) is 12.1. The molecule has 4 heteroatoms. The number of aryl methyl sites for hydroxylation is 8. The highest BCUT2D eigenvalue weighted by Crippen LogP contribution is 2.54. The van der Waals surface area contributed by atoms with E-state index in [4.69, 9.17) is 4.74 Å². The quantitative estimate of drug-likeness (QED) is 0.141. The van der Waals surface area contributed by atoms with E-state index in [-0.39, 0.29) is 12.0 Å². The molecule has 0 saturated carbocycles. The first-order valence-electron chi connectivity index (χ1n) is 18.8. The van der Waals surface area contributed by atoms with Gasteiger partial charge in [-0.2, -0.15) is 0 Å². The molecular weight excluding hydrogens is 668 g/mol. The van der Waals surface area contributed by atoms with Crippen molar-refractivity contribution in [2.45, 2.75) is 61.4 Å². The van der Waals surface area contributed by atoms with Gasteiger partial charge in [0.1, 0.15) is 0 Å². The van der Waals surface area contributed by atoms with Gasteiger partial charge in [0.2, 0.25) is 0 Å². The minimum Gasteiger partial charge on any atom is -0.379 e. The van der Waals surface area contributed by atoms with E-state index in [1.54, 1.807) is 5.31 Å². The monoisotopic (exact) mass is 721 g/mol. The topological polar surface area (TPSA) is 12.5 Å². The van der Waals surface area contributed by atoms with E-state index >= 15 is 0 Å². The molecule has 5 aromatic rings. The van der Waals surface area contributed by atoms with Crippen LogP contribution in [0.5, 0.6) is 0 Å². The van der Waals surface area contributed by atoms with Gasteiger partial charge in [-0.3, -0.25) is 4.90 Å². The van der Waals surface area contributed by atoms with Crippen molar-refractivity contribution >= 4 is 42.4 Å². The number of nitrogens with zero attached hydrogens (tertiary/aromatic N) is 1. The third-order valence-electron chi connectivity index (χ3n) is 10.3. The largest absolute Gasteiger partial charge is 0.379 e. The normalized spacial score (nSPS) is 16.9. The average molecular weight is 722 g/mol. The van der Waals surface area contributed by atoms with Crippen LogP contribution in [0.15, 0.2) is 121 Å². The lowest BCUT2D eigenvalue weighted by molar-refractivity contribution is 0.0107. The Morgan fingerprint density at radius 2 is 0.942 bits per heavy atom. The van der Waals surface area contributed by atoms with E-state index in [1.165, 1.54) is 76.6 Å². The zero-order valence-corrected chi connectivity index (χ0v) is 34.0.